The fraction of sp³-hybridized carbons (Fsp3) is 0.652. The standard InChI is InChI=1S/C23H36ClN5O4/c1-4-28-11-12-29(23(28)31)9-6-5-8-27-10-7-19(21(15-27)33-3)26-22(30)16-13-17(24)18(25)14-20(16)32-2/h13-14,19,21H,4-12,15,25H2,1-3H3,(H,26,30)/t19-,21+/m1/s1. The Balaban J connectivity index is 1.46. The molecule has 10 heteroatoms. The van der Waals surface area contributed by atoms with Crippen LogP contribution in [0.25, 0.3) is 0 Å². The Labute approximate surface area is 201 Å². The number of methoxy groups -OCH3 is 2. The van der Waals surface area contributed by atoms with Crippen LogP contribution in [0, 0.1) is 0 Å². The van der Waals surface area contributed by atoms with Gasteiger partial charge >= 0.3 is 6.03 Å². The van der Waals surface area contributed by atoms with E-state index in [0.717, 1.165) is 65.1 Å². The molecule has 0 bridgehead atoms. The number of carbonyl (C=O) groups excluding carboxylic acids is 2. The molecule has 2 fully saturated rings. The number of unbranched alkanes of at least 4 members (excludes halogenated alkanes) is 1. The van der Waals surface area contributed by atoms with Crippen molar-refractivity contribution in [3.8, 4) is 5.75 Å². The molecule has 9 nitrogen and oxygen atoms in total. The minimum atomic E-state index is -0.259. The minimum absolute atomic E-state index is 0.109. The first-order chi connectivity index (χ1) is 15.9. The number of carbonyl (C=O) groups is 2. The zero-order chi connectivity index (χ0) is 24.0. The second-order valence-corrected chi connectivity index (χ2v) is 8.98. The average molecular weight is 482 g/mol. The predicted octanol–water partition coefficient (Wildman–Crippen LogP) is 2.29. The molecule has 1 aromatic rings. The molecule has 33 heavy (non-hydrogen) atoms. The first-order valence-corrected chi connectivity index (χ1v) is 12.0. The number of likely N-dealkylation sites (N-methyl/N-ethyl adjacent to an activating group) is 1. The van der Waals surface area contributed by atoms with Crippen molar-refractivity contribution in [3.05, 3.63) is 22.7 Å². The van der Waals surface area contributed by atoms with Crippen LogP contribution in [0.2, 0.25) is 5.02 Å². The molecule has 184 valence electrons. The summed E-state index contributed by atoms with van der Waals surface area (Å²) >= 11 is 6.11. The lowest BCUT2D eigenvalue weighted by Gasteiger charge is -2.38. The number of urea groups is 1. The van der Waals surface area contributed by atoms with Crippen molar-refractivity contribution < 1.29 is 19.1 Å². The Kier molecular flexibility index (Phi) is 9.05. The van der Waals surface area contributed by atoms with Gasteiger partial charge in [0.1, 0.15) is 5.75 Å². The average Bonchev–Trinajstić information content (AvgIpc) is 3.18. The number of nitrogens with zero attached hydrogens (tertiary/aromatic N) is 3. The Morgan fingerprint density at radius 1 is 1.18 bits per heavy atom. The summed E-state index contributed by atoms with van der Waals surface area (Å²) in [5, 5.41) is 3.39. The molecule has 2 aliphatic heterocycles. The van der Waals surface area contributed by atoms with Crippen molar-refractivity contribution in [2.75, 3.05) is 65.8 Å². The van der Waals surface area contributed by atoms with Crippen LogP contribution in [-0.2, 0) is 4.74 Å². The van der Waals surface area contributed by atoms with Gasteiger partial charge in [-0.15, -0.1) is 0 Å². The molecule has 1 aromatic carbocycles. The number of hydrogen-bond acceptors (Lipinski definition) is 6. The third kappa shape index (κ3) is 6.22. The van der Waals surface area contributed by atoms with E-state index in [1.54, 1.807) is 13.2 Å². The molecule has 3 N–H and O–H groups in total. The molecular weight excluding hydrogens is 446 g/mol. The molecule has 2 aliphatic rings. The normalized spacial score (nSPS) is 21.5. The van der Waals surface area contributed by atoms with Crippen molar-refractivity contribution in [3.63, 3.8) is 0 Å². The second-order valence-electron chi connectivity index (χ2n) is 8.57. The maximum absolute atomic E-state index is 12.9. The van der Waals surface area contributed by atoms with Gasteiger partial charge < -0.3 is 35.2 Å². The highest BCUT2D eigenvalue weighted by molar-refractivity contribution is 6.33. The topological polar surface area (TPSA) is 100 Å². The molecule has 2 atom stereocenters. The van der Waals surface area contributed by atoms with Gasteiger partial charge in [-0.05, 0) is 38.8 Å². The number of ether oxygens (including phenoxy) is 2. The molecule has 0 spiro atoms. The van der Waals surface area contributed by atoms with Gasteiger partial charge in [-0.1, -0.05) is 11.6 Å². The molecule has 2 heterocycles. The molecule has 2 saturated heterocycles. The summed E-state index contributed by atoms with van der Waals surface area (Å²) in [7, 11) is 3.17. The lowest BCUT2D eigenvalue weighted by molar-refractivity contribution is 0.00591. The summed E-state index contributed by atoms with van der Waals surface area (Å²) in [4.78, 5) is 31.3. The monoisotopic (exact) mass is 481 g/mol. The van der Waals surface area contributed by atoms with Gasteiger partial charge in [0.05, 0.1) is 35.5 Å². The summed E-state index contributed by atoms with van der Waals surface area (Å²) in [5.74, 6) is 0.130. The summed E-state index contributed by atoms with van der Waals surface area (Å²) in [6, 6.07) is 3.14. The predicted molar refractivity (Wildman–Crippen MR) is 129 cm³/mol. The quantitative estimate of drug-likeness (QED) is 0.393. The Morgan fingerprint density at radius 3 is 2.58 bits per heavy atom. The van der Waals surface area contributed by atoms with E-state index < -0.39 is 0 Å². The van der Waals surface area contributed by atoms with Gasteiger partial charge in [0.25, 0.3) is 5.91 Å². The van der Waals surface area contributed by atoms with E-state index in [2.05, 4.69) is 10.2 Å². The zero-order valence-corrected chi connectivity index (χ0v) is 20.6. The number of benzene rings is 1. The summed E-state index contributed by atoms with van der Waals surface area (Å²) < 4.78 is 11.0. The Hall–Kier alpha value is -2.23. The number of piperidine rings is 1. The molecule has 0 aromatic heterocycles. The SMILES string of the molecule is CCN1CCN(CCCCN2CC[C@@H](NC(=O)c3cc(Cl)c(N)cc3OC)[C@@H](OC)C2)C1=O. The molecule has 0 radical (unpaired) electrons. The Bertz CT molecular complexity index is 839. The lowest BCUT2D eigenvalue weighted by Crippen LogP contribution is -2.55. The minimum Gasteiger partial charge on any atom is -0.496 e. The fourth-order valence-corrected chi connectivity index (χ4v) is 4.68. The van der Waals surface area contributed by atoms with Crippen molar-refractivity contribution in [2.45, 2.75) is 38.3 Å². The van der Waals surface area contributed by atoms with Crippen LogP contribution in [0.15, 0.2) is 12.1 Å². The van der Waals surface area contributed by atoms with Crippen LogP contribution < -0.4 is 15.8 Å². The fourth-order valence-electron chi connectivity index (χ4n) is 4.52. The number of amides is 3. The van der Waals surface area contributed by atoms with Crippen LogP contribution in [0.3, 0.4) is 0 Å². The number of rotatable bonds is 10. The van der Waals surface area contributed by atoms with E-state index in [1.165, 1.54) is 13.2 Å². The van der Waals surface area contributed by atoms with E-state index in [-0.39, 0.29) is 24.1 Å². The van der Waals surface area contributed by atoms with Gasteiger partial charge in [-0.2, -0.15) is 0 Å². The number of nitrogen functional groups attached to an aromatic ring is 1. The molecule has 3 amide bonds. The van der Waals surface area contributed by atoms with Gasteiger partial charge in [-0.3, -0.25) is 4.79 Å². The van der Waals surface area contributed by atoms with Gasteiger partial charge in [0.15, 0.2) is 0 Å². The first kappa shape index (κ1) is 25.4. The summed E-state index contributed by atoms with van der Waals surface area (Å²) in [6.45, 7) is 7.82. The molecule has 0 aliphatic carbocycles. The largest absolute Gasteiger partial charge is 0.496 e. The number of nitrogens with two attached hydrogens (primary N) is 1. The van der Waals surface area contributed by atoms with Crippen LogP contribution in [0.4, 0.5) is 10.5 Å². The highest BCUT2D eigenvalue weighted by atomic mass is 35.5. The summed E-state index contributed by atoms with van der Waals surface area (Å²) in [5.41, 5.74) is 6.54. The number of hydrogen-bond donors (Lipinski definition) is 2. The maximum Gasteiger partial charge on any atom is 0.320 e. The summed E-state index contributed by atoms with van der Waals surface area (Å²) in [6.07, 6.45) is 2.67. The van der Waals surface area contributed by atoms with Crippen molar-refractivity contribution in [1.29, 1.82) is 0 Å². The molecule has 0 saturated carbocycles. The number of halogens is 1. The Morgan fingerprint density at radius 2 is 1.91 bits per heavy atom. The van der Waals surface area contributed by atoms with E-state index in [0.29, 0.717) is 22.0 Å². The number of nitrogens with one attached hydrogen (secondary N) is 1. The smallest absolute Gasteiger partial charge is 0.320 e. The van der Waals surface area contributed by atoms with Gasteiger partial charge in [-0.25, -0.2) is 4.79 Å². The third-order valence-electron chi connectivity index (χ3n) is 6.54. The molecule has 3 rings (SSSR count). The van der Waals surface area contributed by atoms with E-state index in [9.17, 15) is 9.59 Å². The highest BCUT2D eigenvalue weighted by Crippen LogP contribution is 2.29. The van der Waals surface area contributed by atoms with Crippen molar-refractivity contribution >= 4 is 29.2 Å². The number of likely N-dealkylation sites (tertiary alicyclic amines) is 1. The number of anilines is 1. The van der Waals surface area contributed by atoms with Crippen molar-refractivity contribution in [2.24, 2.45) is 0 Å². The molecule has 0 unspecified atom stereocenters. The molecular formula is C23H36ClN5O4. The van der Waals surface area contributed by atoms with Crippen LogP contribution in [0.1, 0.15) is 36.5 Å². The van der Waals surface area contributed by atoms with Crippen LogP contribution in [-0.4, -0.2) is 98.8 Å². The van der Waals surface area contributed by atoms with E-state index >= 15 is 0 Å². The van der Waals surface area contributed by atoms with Crippen LogP contribution >= 0.6 is 11.6 Å². The van der Waals surface area contributed by atoms with E-state index in [4.69, 9.17) is 26.8 Å². The van der Waals surface area contributed by atoms with Gasteiger partial charge in [0.2, 0.25) is 0 Å². The third-order valence-corrected chi connectivity index (χ3v) is 6.87. The van der Waals surface area contributed by atoms with Crippen molar-refractivity contribution in [1.82, 2.24) is 20.0 Å². The van der Waals surface area contributed by atoms with Gasteiger partial charge in [0, 0.05) is 52.4 Å². The lowest BCUT2D eigenvalue weighted by atomic mass is 10.0. The zero-order valence-electron chi connectivity index (χ0n) is 19.8. The maximum atomic E-state index is 12.9. The van der Waals surface area contributed by atoms with E-state index in [1.807, 2.05) is 16.7 Å². The first-order valence-electron chi connectivity index (χ1n) is 11.6. The second kappa shape index (κ2) is 11.8. The van der Waals surface area contributed by atoms with Crippen LogP contribution in [0.5, 0.6) is 5.75 Å². The highest BCUT2D eigenvalue weighted by Gasteiger charge is 2.31.